The van der Waals surface area contributed by atoms with Crippen LogP contribution in [0.15, 0.2) is 24.3 Å². The smallest absolute Gasteiger partial charge is 0.344 e. The molecule has 1 aromatic heterocycles. The van der Waals surface area contributed by atoms with Gasteiger partial charge in [-0.3, -0.25) is 15.0 Å². The van der Waals surface area contributed by atoms with E-state index in [1.807, 2.05) is 18.2 Å². The van der Waals surface area contributed by atoms with Gasteiger partial charge in [-0.25, -0.2) is 4.79 Å². The number of aromatic amines is 1. The van der Waals surface area contributed by atoms with Gasteiger partial charge >= 0.3 is 6.03 Å². The van der Waals surface area contributed by atoms with Gasteiger partial charge in [0, 0.05) is 10.9 Å². The van der Waals surface area contributed by atoms with E-state index in [4.69, 9.17) is 0 Å². The van der Waals surface area contributed by atoms with Crippen molar-refractivity contribution in [1.29, 1.82) is 0 Å². The van der Waals surface area contributed by atoms with Gasteiger partial charge in [0.15, 0.2) is 0 Å². The largest absolute Gasteiger partial charge is 0.350 e. The van der Waals surface area contributed by atoms with Crippen LogP contribution in [0.3, 0.4) is 0 Å². The molecular formula is C22H28N4O3. The van der Waals surface area contributed by atoms with E-state index >= 15 is 0 Å². The third-order valence-corrected chi connectivity index (χ3v) is 6.24. The number of imide groups is 1. The number of nitrogens with zero attached hydrogens (tertiary/aromatic N) is 1. The minimum Gasteiger partial charge on any atom is -0.350 e. The van der Waals surface area contributed by atoms with E-state index < -0.39 is 17.5 Å². The van der Waals surface area contributed by atoms with E-state index in [-0.39, 0.29) is 11.3 Å². The number of carbonyl (C=O) groups excluding carboxylic acids is 3. The molecule has 1 aromatic carbocycles. The van der Waals surface area contributed by atoms with Gasteiger partial charge in [0.25, 0.3) is 11.8 Å². The molecule has 0 unspecified atom stereocenters. The van der Waals surface area contributed by atoms with Crippen molar-refractivity contribution in [1.82, 2.24) is 20.7 Å². The van der Waals surface area contributed by atoms with Gasteiger partial charge in [-0.1, -0.05) is 39.8 Å². The van der Waals surface area contributed by atoms with E-state index in [2.05, 4.69) is 43.4 Å². The van der Waals surface area contributed by atoms with E-state index in [0.717, 1.165) is 34.3 Å². The van der Waals surface area contributed by atoms with E-state index in [9.17, 15) is 14.4 Å². The van der Waals surface area contributed by atoms with Crippen LogP contribution in [-0.4, -0.2) is 33.4 Å². The van der Waals surface area contributed by atoms with Crippen molar-refractivity contribution in [2.24, 2.45) is 5.92 Å². The highest BCUT2D eigenvalue weighted by atomic mass is 16.2. The Hall–Kier alpha value is -2.83. The van der Waals surface area contributed by atoms with Gasteiger partial charge in [-0.05, 0) is 54.7 Å². The zero-order valence-corrected chi connectivity index (χ0v) is 17.4. The molecule has 1 saturated carbocycles. The Bertz CT molecular complexity index is 993. The molecule has 1 saturated heterocycles. The molecule has 1 aliphatic carbocycles. The zero-order valence-electron chi connectivity index (χ0n) is 17.4. The summed E-state index contributed by atoms with van der Waals surface area (Å²) >= 11 is 0. The predicted molar refractivity (Wildman–Crippen MR) is 110 cm³/mol. The first-order valence-electron chi connectivity index (χ1n) is 10.2. The van der Waals surface area contributed by atoms with Crippen molar-refractivity contribution in [3.63, 3.8) is 0 Å². The summed E-state index contributed by atoms with van der Waals surface area (Å²) < 4.78 is 0. The quantitative estimate of drug-likeness (QED) is 0.677. The second-order valence-electron chi connectivity index (χ2n) is 9.51. The molecular weight excluding hydrogens is 368 g/mol. The van der Waals surface area contributed by atoms with Crippen molar-refractivity contribution in [2.75, 3.05) is 0 Å². The second kappa shape index (κ2) is 6.61. The average molecular weight is 396 g/mol. The molecule has 0 atom stereocenters. The number of benzene rings is 1. The maximum Gasteiger partial charge on any atom is 0.344 e. The number of hydrogen-bond acceptors (Lipinski definition) is 3. The van der Waals surface area contributed by atoms with Crippen LogP contribution in [0, 0.1) is 5.92 Å². The fraction of sp³-hybridized carbons (Fsp3) is 0.500. The number of carbonyl (C=O) groups is 3. The zero-order chi connectivity index (χ0) is 21.0. The van der Waals surface area contributed by atoms with Crippen molar-refractivity contribution >= 4 is 28.7 Å². The third-order valence-electron chi connectivity index (χ3n) is 6.24. The molecule has 0 bridgehead atoms. The molecule has 4 amide bonds. The second-order valence-corrected chi connectivity index (χ2v) is 9.51. The highest BCUT2D eigenvalue weighted by molar-refractivity contribution is 6.09. The molecule has 2 aromatic rings. The lowest BCUT2D eigenvalue weighted by Crippen LogP contribution is -2.51. The van der Waals surface area contributed by atoms with E-state index in [1.165, 1.54) is 0 Å². The summed E-state index contributed by atoms with van der Waals surface area (Å²) in [6.07, 6.45) is 2.97. The molecule has 154 valence electrons. The Morgan fingerprint density at radius 2 is 1.86 bits per heavy atom. The number of nitrogens with one attached hydrogen (secondary N) is 3. The fourth-order valence-electron chi connectivity index (χ4n) is 4.19. The molecule has 0 radical (unpaired) electrons. The van der Waals surface area contributed by atoms with Crippen LogP contribution in [0.2, 0.25) is 0 Å². The Balaban J connectivity index is 1.53. The first-order valence-corrected chi connectivity index (χ1v) is 10.2. The van der Waals surface area contributed by atoms with Crippen molar-refractivity contribution < 1.29 is 14.4 Å². The van der Waals surface area contributed by atoms with Crippen LogP contribution in [0.4, 0.5) is 4.79 Å². The highest BCUT2D eigenvalue weighted by Gasteiger charge is 2.53. The van der Waals surface area contributed by atoms with Crippen LogP contribution in [-0.2, 0) is 10.2 Å². The number of hydrazine groups is 1. The average Bonchev–Trinajstić information content (AvgIpc) is 3.18. The number of aromatic nitrogens is 1. The molecule has 2 heterocycles. The molecule has 1 aliphatic heterocycles. The van der Waals surface area contributed by atoms with Gasteiger partial charge in [-0.2, -0.15) is 5.01 Å². The van der Waals surface area contributed by atoms with Gasteiger partial charge in [0.1, 0.15) is 11.2 Å². The van der Waals surface area contributed by atoms with Crippen molar-refractivity contribution in [2.45, 2.75) is 64.3 Å². The molecule has 2 aliphatic rings. The highest BCUT2D eigenvalue weighted by Crippen LogP contribution is 2.36. The number of fused-ring (bicyclic) bond motifs is 1. The number of hydrogen-bond donors (Lipinski definition) is 3. The summed E-state index contributed by atoms with van der Waals surface area (Å²) in [5.41, 5.74) is 3.91. The predicted octanol–water partition coefficient (Wildman–Crippen LogP) is 3.61. The summed E-state index contributed by atoms with van der Waals surface area (Å²) in [7, 11) is 0. The SMILES string of the molecule is CC1CCC2(CC1)NC(=O)N(NC(=O)c1cc3ccc(C(C)(C)C)cc3[nH]1)C2=O. The summed E-state index contributed by atoms with van der Waals surface area (Å²) in [6, 6.07) is 7.20. The van der Waals surface area contributed by atoms with E-state index in [1.54, 1.807) is 6.07 Å². The van der Waals surface area contributed by atoms with Crippen LogP contribution >= 0.6 is 0 Å². The lowest BCUT2D eigenvalue weighted by atomic mass is 9.77. The van der Waals surface area contributed by atoms with Crippen LogP contribution in [0.1, 0.15) is 69.4 Å². The van der Waals surface area contributed by atoms with Crippen LogP contribution in [0.5, 0.6) is 0 Å². The van der Waals surface area contributed by atoms with Crippen LogP contribution in [0.25, 0.3) is 10.9 Å². The Kier molecular flexibility index (Phi) is 4.44. The fourth-order valence-corrected chi connectivity index (χ4v) is 4.19. The van der Waals surface area contributed by atoms with Gasteiger partial charge < -0.3 is 10.3 Å². The number of rotatable bonds is 2. The first kappa shape index (κ1) is 19.5. The maximum atomic E-state index is 12.9. The standard InChI is InChI=1S/C22H28N4O3/c1-13-7-9-22(10-8-13)19(28)26(20(29)24-22)25-18(27)17-11-14-5-6-15(21(2,3)4)12-16(14)23-17/h5-6,11-13,23H,7-10H2,1-4H3,(H,24,29)(H,25,27). The number of urea groups is 1. The van der Waals surface area contributed by atoms with E-state index in [0.29, 0.717) is 24.5 Å². The molecule has 7 heteroatoms. The molecule has 3 N–H and O–H groups in total. The van der Waals surface area contributed by atoms with Crippen LogP contribution < -0.4 is 10.7 Å². The lowest BCUT2D eigenvalue weighted by molar-refractivity contribution is -0.134. The van der Waals surface area contributed by atoms with Crippen molar-refractivity contribution in [3.05, 3.63) is 35.5 Å². The van der Waals surface area contributed by atoms with Crippen molar-refractivity contribution in [3.8, 4) is 0 Å². The van der Waals surface area contributed by atoms with Gasteiger partial charge in [0.05, 0.1) is 0 Å². The number of amides is 4. The Morgan fingerprint density at radius 1 is 1.17 bits per heavy atom. The normalized spacial score (nSPS) is 25.0. The molecule has 2 fully saturated rings. The topological polar surface area (TPSA) is 94.3 Å². The van der Waals surface area contributed by atoms with Gasteiger partial charge in [-0.15, -0.1) is 0 Å². The maximum absolute atomic E-state index is 12.9. The minimum atomic E-state index is -0.876. The third kappa shape index (κ3) is 3.39. The van der Waals surface area contributed by atoms with Gasteiger partial charge in [0.2, 0.25) is 0 Å². The molecule has 1 spiro atoms. The molecule has 29 heavy (non-hydrogen) atoms. The summed E-state index contributed by atoms with van der Waals surface area (Å²) in [5.74, 6) is -0.338. The first-order chi connectivity index (χ1) is 13.6. The summed E-state index contributed by atoms with van der Waals surface area (Å²) in [6.45, 7) is 8.53. The molecule has 4 rings (SSSR count). The summed E-state index contributed by atoms with van der Waals surface area (Å²) in [4.78, 5) is 41.2. The Morgan fingerprint density at radius 3 is 2.52 bits per heavy atom. The minimum absolute atomic E-state index is 0.00636. The Labute approximate surface area is 170 Å². The molecule has 7 nitrogen and oxygen atoms in total. The lowest BCUT2D eigenvalue weighted by Gasteiger charge is -2.33. The monoisotopic (exact) mass is 396 g/mol. The number of H-pyrrole nitrogens is 1. The summed E-state index contributed by atoms with van der Waals surface area (Å²) in [5, 5.41) is 4.55.